The van der Waals surface area contributed by atoms with Gasteiger partial charge in [-0.1, -0.05) is 0 Å². The third kappa shape index (κ3) is 3.22. The van der Waals surface area contributed by atoms with E-state index in [0.717, 1.165) is 47.7 Å². The van der Waals surface area contributed by atoms with Crippen LogP contribution in [0.25, 0.3) is 11.0 Å². The van der Waals surface area contributed by atoms with Crippen LogP contribution in [0.3, 0.4) is 0 Å². The van der Waals surface area contributed by atoms with Crippen molar-refractivity contribution in [3.05, 3.63) is 46.8 Å². The van der Waals surface area contributed by atoms with Crippen LogP contribution in [0.2, 0.25) is 0 Å². The van der Waals surface area contributed by atoms with Crippen LogP contribution in [-0.4, -0.2) is 37.1 Å². The van der Waals surface area contributed by atoms with Gasteiger partial charge >= 0.3 is 0 Å². The fraction of sp³-hybridized carbons (Fsp3) is 0.450. The Balaban J connectivity index is 1.50. The number of likely N-dealkylation sites (tertiary alicyclic amines) is 1. The second kappa shape index (κ2) is 6.79. The van der Waals surface area contributed by atoms with Gasteiger partial charge in [0.05, 0.1) is 22.8 Å². The molecule has 7 heteroatoms. The van der Waals surface area contributed by atoms with Crippen LogP contribution in [0, 0.1) is 19.7 Å². The van der Waals surface area contributed by atoms with Crippen molar-refractivity contribution in [2.75, 3.05) is 6.54 Å². The number of carbonyl (C=O) groups excluding carboxylic acids is 1. The summed E-state index contributed by atoms with van der Waals surface area (Å²) in [5, 5.41) is 4.43. The summed E-state index contributed by atoms with van der Waals surface area (Å²) in [4.78, 5) is 22.6. The number of hydrogen-bond acceptors (Lipinski definition) is 3. The number of aromatic nitrogens is 4. The van der Waals surface area contributed by atoms with Gasteiger partial charge in [0, 0.05) is 25.7 Å². The van der Waals surface area contributed by atoms with Gasteiger partial charge in [-0.3, -0.25) is 9.48 Å². The number of benzene rings is 1. The molecule has 6 nitrogen and oxygen atoms in total. The van der Waals surface area contributed by atoms with E-state index in [2.05, 4.69) is 15.1 Å². The lowest BCUT2D eigenvalue weighted by Crippen LogP contribution is -2.31. The van der Waals surface area contributed by atoms with E-state index < -0.39 is 0 Å². The van der Waals surface area contributed by atoms with Gasteiger partial charge in [0.25, 0.3) is 0 Å². The molecule has 3 heterocycles. The van der Waals surface area contributed by atoms with E-state index in [-0.39, 0.29) is 17.8 Å². The number of aryl methyl sites for hydroxylation is 2. The van der Waals surface area contributed by atoms with Crippen LogP contribution in [0.1, 0.15) is 48.1 Å². The van der Waals surface area contributed by atoms with Crippen LogP contribution in [-0.2, 0) is 18.3 Å². The molecule has 1 amide bonds. The molecule has 142 valence electrons. The fourth-order valence-electron chi connectivity index (χ4n) is 4.06. The van der Waals surface area contributed by atoms with Crippen molar-refractivity contribution in [2.24, 2.45) is 7.05 Å². The smallest absolute Gasteiger partial charge is 0.223 e. The Hall–Kier alpha value is -2.70. The van der Waals surface area contributed by atoms with Crippen molar-refractivity contribution in [1.82, 2.24) is 24.6 Å². The number of H-pyrrole nitrogens is 1. The van der Waals surface area contributed by atoms with Gasteiger partial charge in [-0.2, -0.15) is 5.10 Å². The summed E-state index contributed by atoms with van der Waals surface area (Å²) in [5.41, 5.74) is 4.65. The molecule has 0 radical (unpaired) electrons. The third-order valence-electron chi connectivity index (χ3n) is 5.60. The summed E-state index contributed by atoms with van der Waals surface area (Å²) in [6.07, 6.45) is 2.98. The first-order valence-corrected chi connectivity index (χ1v) is 9.37. The monoisotopic (exact) mass is 369 g/mol. The highest BCUT2D eigenvalue weighted by atomic mass is 19.1. The molecule has 3 aromatic rings. The van der Waals surface area contributed by atoms with Crippen molar-refractivity contribution in [2.45, 2.75) is 45.6 Å². The highest BCUT2D eigenvalue weighted by Crippen LogP contribution is 2.32. The summed E-state index contributed by atoms with van der Waals surface area (Å²) in [6.45, 7) is 4.75. The maximum atomic E-state index is 13.4. The third-order valence-corrected chi connectivity index (χ3v) is 5.60. The van der Waals surface area contributed by atoms with Crippen LogP contribution in [0.5, 0.6) is 0 Å². The standard InChI is InChI=1S/C20H24FN5O/c1-12-15(13(2)25(3)24-12)7-9-19(27)26-10-4-5-18(26)20-22-16-8-6-14(21)11-17(16)23-20/h6,8,11,18H,4-5,7,9-10H2,1-3H3,(H,22,23). The summed E-state index contributed by atoms with van der Waals surface area (Å²) in [7, 11) is 1.93. The SMILES string of the molecule is Cc1nn(C)c(C)c1CCC(=O)N1CCCC1c1nc2ccc(F)cc2[nH]1. The molecular weight excluding hydrogens is 345 g/mol. The molecule has 0 bridgehead atoms. The van der Waals surface area contributed by atoms with Crippen molar-refractivity contribution in [3.63, 3.8) is 0 Å². The van der Waals surface area contributed by atoms with E-state index in [0.29, 0.717) is 18.4 Å². The summed E-state index contributed by atoms with van der Waals surface area (Å²) in [6, 6.07) is 4.45. The maximum Gasteiger partial charge on any atom is 0.223 e. The Bertz CT molecular complexity index is 1010. The van der Waals surface area contributed by atoms with Crippen LogP contribution < -0.4 is 0 Å². The Morgan fingerprint density at radius 2 is 2.19 bits per heavy atom. The highest BCUT2D eigenvalue weighted by Gasteiger charge is 2.32. The van der Waals surface area contributed by atoms with Gasteiger partial charge in [-0.25, -0.2) is 9.37 Å². The zero-order chi connectivity index (χ0) is 19.1. The summed E-state index contributed by atoms with van der Waals surface area (Å²) < 4.78 is 15.3. The van der Waals surface area contributed by atoms with Crippen molar-refractivity contribution in [1.29, 1.82) is 0 Å². The molecule has 1 N–H and O–H groups in total. The number of rotatable bonds is 4. The second-order valence-corrected chi connectivity index (χ2v) is 7.30. The summed E-state index contributed by atoms with van der Waals surface area (Å²) >= 11 is 0. The summed E-state index contributed by atoms with van der Waals surface area (Å²) in [5.74, 6) is 0.584. The van der Waals surface area contributed by atoms with Gasteiger partial charge < -0.3 is 9.88 Å². The lowest BCUT2D eigenvalue weighted by Gasteiger charge is -2.23. The number of halogens is 1. The molecule has 0 aliphatic carbocycles. The second-order valence-electron chi connectivity index (χ2n) is 7.30. The van der Waals surface area contributed by atoms with E-state index in [1.165, 1.54) is 12.1 Å². The van der Waals surface area contributed by atoms with Crippen LogP contribution in [0.4, 0.5) is 4.39 Å². The van der Waals surface area contributed by atoms with Gasteiger partial charge in [0.15, 0.2) is 0 Å². The number of carbonyl (C=O) groups is 1. The molecule has 27 heavy (non-hydrogen) atoms. The molecule has 1 aromatic carbocycles. The largest absolute Gasteiger partial charge is 0.340 e. The quantitative estimate of drug-likeness (QED) is 0.767. The zero-order valence-electron chi connectivity index (χ0n) is 15.9. The Morgan fingerprint density at radius 1 is 1.37 bits per heavy atom. The lowest BCUT2D eigenvalue weighted by molar-refractivity contribution is -0.132. The molecule has 1 aliphatic rings. The molecule has 1 fully saturated rings. The first kappa shape index (κ1) is 17.7. The fourth-order valence-corrected chi connectivity index (χ4v) is 4.06. The number of aromatic amines is 1. The normalized spacial score (nSPS) is 17.2. The number of nitrogens with zero attached hydrogens (tertiary/aromatic N) is 4. The minimum Gasteiger partial charge on any atom is -0.340 e. The molecule has 0 spiro atoms. The maximum absolute atomic E-state index is 13.4. The van der Waals surface area contributed by atoms with Gasteiger partial charge in [0.2, 0.25) is 5.91 Å². The predicted octanol–water partition coefficient (Wildman–Crippen LogP) is 3.35. The average molecular weight is 369 g/mol. The topological polar surface area (TPSA) is 66.8 Å². The Morgan fingerprint density at radius 3 is 2.93 bits per heavy atom. The van der Waals surface area contributed by atoms with Crippen molar-refractivity contribution < 1.29 is 9.18 Å². The van der Waals surface area contributed by atoms with E-state index in [1.54, 1.807) is 6.07 Å². The molecule has 0 saturated carbocycles. The number of imidazole rings is 1. The van der Waals surface area contributed by atoms with Crippen LogP contribution >= 0.6 is 0 Å². The van der Waals surface area contributed by atoms with E-state index in [4.69, 9.17) is 0 Å². The molecule has 1 aliphatic heterocycles. The number of fused-ring (bicyclic) bond motifs is 1. The molecule has 1 saturated heterocycles. The van der Waals surface area contributed by atoms with Crippen molar-refractivity contribution in [3.8, 4) is 0 Å². The van der Waals surface area contributed by atoms with Gasteiger partial charge in [-0.15, -0.1) is 0 Å². The molecule has 2 aromatic heterocycles. The van der Waals surface area contributed by atoms with E-state index in [9.17, 15) is 9.18 Å². The number of amides is 1. The molecular formula is C20H24FN5O. The number of hydrogen-bond donors (Lipinski definition) is 1. The number of nitrogens with one attached hydrogen (secondary N) is 1. The van der Waals surface area contributed by atoms with E-state index >= 15 is 0 Å². The van der Waals surface area contributed by atoms with E-state index in [1.807, 2.05) is 30.5 Å². The zero-order valence-corrected chi connectivity index (χ0v) is 15.9. The minimum atomic E-state index is -0.292. The van der Waals surface area contributed by atoms with Crippen LogP contribution in [0.15, 0.2) is 18.2 Å². The molecule has 1 unspecified atom stereocenters. The Labute approximate surface area is 157 Å². The first-order chi connectivity index (χ1) is 12.9. The van der Waals surface area contributed by atoms with Crippen molar-refractivity contribution >= 4 is 16.9 Å². The van der Waals surface area contributed by atoms with Gasteiger partial charge in [-0.05, 0) is 56.9 Å². The molecule has 4 rings (SSSR count). The predicted molar refractivity (Wildman–Crippen MR) is 101 cm³/mol. The van der Waals surface area contributed by atoms with Gasteiger partial charge in [0.1, 0.15) is 11.6 Å². The average Bonchev–Trinajstić information content (AvgIpc) is 3.32. The highest BCUT2D eigenvalue weighted by molar-refractivity contribution is 5.78. The minimum absolute atomic E-state index is 0.0657. The lowest BCUT2D eigenvalue weighted by atomic mass is 10.1. The first-order valence-electron chi connectivity index (χ1n) is 9.37. The molecule has 1 atom stereocenters. The Kier molecular flexibility index (Phi) is 4.45.